The zero-order valence-corrected chi connectivity index (χ0v) is 10.1. The quantitative estimate of drug-likeness (QED) is 0.730. The maximum atomic E-state index is 9.71. The van der Waals surface area contributed by atoms with Crippen molar-refractivity contribution in [3.05, 3.63) is 35.4 Å². The van der Waals surface area contributed by atoms with Gasteiger partial charge in [0, 0.05) is 6.42 Å². The van der Waals surface area contributed by atoms with Crippen molar-refractivity contribution in [2.45, 2.75) is 39.9 Å². The summed E-state index contributed by atoms with van der Waals surface area (Å²) in [6, 6.07) is 8.43. The predicted molar refractivity (Wildman–Crippen MR) is 65.1 cm³/mol. The molecule has 1 aliphatic rings. The molecule has 0 N–H and O–H groups in total. The van der Waals surface area contributed by atoms with Crippen LogP contribution in [0.15, 0.2) is 24.3 Å². The van der Waals surface area contributed by atoms with E-state index in [4.69, 9.17) is 4.74 Å². The van der Waals surface area contributed by atoms with Crippen LogP contribution in [-0.4, -0.2) is 6.29 Å². The Morgan fingerprint density at radius 3 is 2.31 bits per heavy atom. The molecule has 2 heteroatoms. The standard InChI is InChI=1S/C8H8O.C6H12O/c1-2-7-4-8(3-1)6-9-5-7;1-6(2)4-3-5-7/h1-4H,5-6H2;5-6H,3-4H2,1-2H3. The van der Waals surface area contributed by atoms with E-state index in [1.54, 1.807) is 0 Å². The first-order chi connectivity index (χ1) is 7.72. The van der Waals surface area contributed by atoms with Crippen molar-refractivity contribution in [3.8, 4) is 0 Å². The number of hydrogen-bond donors (Lipinski definition) is 0. The number of aldehydes is 1. The van der Waals surface area contributed by atoms with Gasteiger partial charge in [-0.3, -0.25) is 0 Å². The highest BCUT2D eigenvalue weighted by molar-refractivity contribution is 5.48. The van der Waals surface area contributed by atoms with Crippen LogP contribution in [-0.2, 0) is 22.7 Å². The van der Waals surface area contributed by atoms with Crippen molar-refractivity contribution in [2.75, 3.05) is 0 Å². The zero-order chi connectivity index (χ0) is 11.8. The molecule has 16 heavy (non-hydrogen) atoms. The van der Waals surface area contributed by atoms with Crippen molar-refractivity contribution in [1.82, 2.24) is 0 Å². The van der Waals surface area contributed by atoms with E-state index in [1.165, 1.54) is 11.1 Å². The average Bonchev–Trinajstić information content (AvgIpc) is 2.27. The van der Waals surface area contributed by atoms with Gasteiger partial charge >= 0.3 is 0 Å². The van der Waals surface area contributed by atoms with E-state index in [-0.39, 0.29) is 0 Å². The summed E-state index contributed by atoms with van der Waals surface area (Å²) in [6.07, 6.45) is 2.72. The van der Waals surface area contributed by atoms with Crippen LogP contribution < -0.4 is 0 Å². The highest BCUT2D eigenvalue weighted by Crippen LogP contribution is 2.13. The monoisotopic (exact) mass is 220 g/mol. The molecule has 0 aromatic heterocycles. The minimum Gasteiger partial charge on any atom is -0.372 e. The molecule has 2 rings (SSSR count). The molecular weight excluding hydrogens is 200 g/mol. The Labute approximate surface area is 97.6 Å². The van der Waals surface area contributed by atoms with Gasteiger partial charge in [-0.15, -0.1) is 0 Å². The minimum absolute atomic E-state index is 0.671. The Kier molecular flexibility index (Phi) is 5.79. The van der Waals surface area contributed by atoms with Crippen molar-refractivity contribution in [2.24, 2.45) is 5.92 Å². The van der Waals surface area contributed by atoms with E-state index in [1.807, 2.05) is 0 Å². The lowest BCUT2D eigenvalue weighted by atomic mass is 10.1. The molecule has 88 valence electrons. The third-order valence-corrected chi connectivity index (χ3v) is 2.39. The summed E-state index contributed by atoms with van der Waals surface area (Å²) in [6.45, 7) is 5.80. The molecule has 0 spiro atoms. The molecule has 0 fully saturated rings. The second-order valence-corrected chi connectivity index (χ2v) is 4.45. The topological polar surface area (TPSA) is 26.3 Å². The number of carbonyl (C=O) groups is 1. The van der Waals surface area contributed by atoms with E-state index in [9.17, 15) is 4.79 Å². The van der Waals surface area contributed by atoms with Gasteiger partial charge in [-0.2, -0.15) is 0 Å². The molecular formula is C14H20O2. The second-order valence-electron chi connectivity index (χ2n) is 4.45. The molecule has 0 saturated heterocycles. The summed E-state index contributed by atoms with van der Waals surface area (Å²) in [4.78, 5) is 9.71. The summed E-state index contributed by atoms with van der Waals surface area (Å²) in [7, 11) is 0. The van der Waals surface area contributed by atoms with Crippen molar-refractivity contribution >= 4 is 6.29 Å². The lowest BCUT2D eigenvalue weighted by Crippen LogP contribution is -2.00. The van der Waals surface area contributed by atoms with Crippen LogP contribution in [0.5, 0.6) is 0 Å². The number of ether oxygens (including phenoxy) is 1. The van der Waals surface area contributed by atoms with Gasteiger partial charge < -0.3 is 9.53 Å². The highest BCUT2D eigenvalue weighted by atomic mass is 16.5. The van der Waals surface area contributed by atoms with Crippen molar-refractivity contribution < 1.29 is 9.53 Å². The van der Waals surface area contributed by atoms with Gasteiger partial charge in [0.15, 0.2) is 0 Å². The van der Waals surface area contributed by atoms with Gasteiger partial charge in [0.25, 0.3) is 0 Å². The third-order valence-electron chi connectivity index (χ3n) is 2.39. The zero-order valence-electron chi connectivity index (χ0n) is 10.1. The minimum atomic E-state index is 0.671. The molecule has 1 heterocycles. The molecule has 1 aromatic carbocycles. The van der Waals surface area contributed by atoms with E-state index < -0.39 is 0 Å². The molecule has 0 radical (unpaired) electrons. The fourth-order valence-corrected chi connectivity index (χ4v) is 1.50. The number of hydrogen-bond acceptors (Lipinski definition) is 2. The Hall–Kier alpha value is -1.15. The fraction of sp³-hybridized carbons (Fsp3) is 0.500. The molecule has 2 bridgehead atoms. The largest absolute Gasteiger partial charge is 0.372 e. The average molecular weight is 220 g/mol. The van der Waals surface area contributed by atoms with E-state index >= 15 is 0 Å². The molecule has 2 nitrogen and oxygen atoms in total. The van der Waals surface area contributed by atoms with Crippen LogP contribution in [0.2, 0.25) is 0 Å². The molecule has 0 unspecified atom stereocenters. The first-order valence-corrected chi connectivity index (χ1v) is 5.81. The van der Waals surface area contributed by atoms with Crippen LogP contribution >= 0.6 is 0 Å². The molecule has 1 aliphatic heterocycles. The smallest absolute Gasteiger partial charge is 0.120 e. The third kappa shape index (κ3) is 5.08. The van der Waals surface area contributed by atoms with Crippen LogP contribution in [0.1, 0.15) is 37.8 Å². The van der Waals surface area contributed by atoms with E-state index in [0.29, 0.717) is 5.92 Å². The van der Waals surface area contributed by atoms with Crippen molar-refractivity contribution in [3.63, 3.8) is 0 Å². The number of rotatable bonds is 3. The number of fused-ring (bicyclic) bond motifs is 2. The Bertz CT molecular complexity index is 299. The van der Waals surface area contributed by atoms with Gasteiger partial charge in [0.1, 0.15) is 6.29 Å². The Morgan fingerprint density at radius 2 is 1.94 bits per heavy atom. The van der Waals surface area contributed by atoms with Gasteiger partial charge in [0.2, 0.25) is 0 Å². The van der Waals surface area contributed by atoms with Crippen LogP contribution in [0, 0.1) is 5.92 Å². The summed E-state index contributed by atoms with van der Waals surface area (Å²) in [5.74, 6) is 0.671. The molecule has 1 aromatic rings. The first kappa shape index (κ1) is 12.9. The normalized spacial score (nSPS) is 12.9. The first-order valence-electron chi connectivity index (χ1n) is 5.81. The predicted octanol–water partition coefficient (Wildman–Crippen LogP) is 3.34. The van der Waals surface area contributed by atoms with E-state index in [0.717, 1.165) is 32.3 Å². The lowest BCUT2D eigenvalue weighted by molar-refractivity contribution is -0.108. The maximum absolute atomic E-state index is 9.71. The Morgan fingerprint density at radius 1 is 1.31 bits per heavy atom. The molecule has 0 aliphatic carbocycles. The van der Waals surface area contributed by atoms with Gasteiger partial charge in [-0.25, -0.2) is 0 Å². The highest BCUT2D eigenvalue weighted by Gasteiger charge is 2.01. The molecule has 0 saturated carbocycles. The van der Waals surface area contributed by atoms with Crippen LogP contribution in [0.25, 0.3) is 0 Å². The lowest BCUT2D eigenvalue weighted by Gasteiger charge is -2.11. The summed E-state index contributed by atoms with van der Waals surface area (Å²) >= 11 is 0. The molecule has 0 atom stereocenters. The van der Waals surface area contributed by atoms with Gasteiger partial charge in [0.05, 0.1) is 13.2 Å². The Balaban J connectivity index is 0.000000168. The fourth-order valence-electron chi connectivity index (χ4n) is 1.50. The molecule has 0 amide bonds. The van der Waals surface area contributed by atoms with Gasteiger partial charge in [-0.05, 0) is 23.5 Å². The summed E-state index contributed by atoms with van der Waals surface area (Å²) in [5, 5.41) is 0. The van der Waals surface area contributed by atoms with Gasteiger partial charge in [-0.1, -0.05) is 38.1 Å². The summed E-state index contributed by atoms with van der Waals surface area (Å²) in [5.41, 5.74) is 2.58. The number of carbonyl (C=O) groups excluding carboxylic acids is 1. The maximum Gasteiger partial charge on any atom is 0.120 e. The van der Waals surface area contributed by atoms with E-state index in [2.05, 4.69) is 38.1 Å². The SMILES string of the molecule is CC(C)CCC=O.c1cc2cc(c1)COC2. The van der Waals surface area contributed by atoms with Crippen LogP contribution in [0.4, 0.5) is 0 Å². The van der Waals surface area contributed by atoms with Crippen LogP contribution in [0.3, 0.4) is 0 Å². The number of benzene rings is 1. The van der Waals surface area contributed by atoms with Crippen molar-refractivity contribution in [1.29, 1.82) is 0 Å². The second kappa shape index (κ2) is 7.18. The summed E-state index contributed by atoms with van der Waals surface area (Å²) < 4.78 is 5.25.